The first-order valence-corrected chi connectivity index (χ1v) is 6.93. The maximum atomic E-state index is 6.40. The normalized spacial score (nSPS) is 26.4. The molecule has 0 aromatic heterocycles. The molecule has 3 nitrogen and oxygen atoms in total. The van der Waals surface area contributed by atoms with Crippen LogP contribution in [-0.4, -0.2) is 13.2 Å². The van der Waals surface area contributed by atoms with Crippen molar-refractivity contribution in [2.45, 2.75) is 38.1 Å². The van der Waals surface area contributed by atoms with Crippen LogP contribution in [0.15, 0.2) is 6.07 Å². The molecule has 98 valence electrons. The lowest BCUT2D eigenvalue weighted by molar-refractivity contribution is 0.294. The van der Waals surface area contributed by atoms with Gasteiger partial charge in [0.2, 0.25) is 0 Å². The van der Waals surface area contributed by atoms with Crippen molar-refractivity contribution in [2.24, 2.45) is 5.73 Å². The number of nitrogens with two attached hydrogens (primary N) is 1. The van der Waals surface area contributed by atoms with E-state index in [0.717, 1.165) is 46.9 Å². The standard InChI is InChI=1S/C14H18ClNO2/c1-8-3-4-10(16)13-12(8)9(15)7-11-14(13)18-6-2-5-17-11/h7-8,10H,2-6,16H2,1H3. The molecule has 0 radical (unpaired) electrons. The van der Waals surface area contributed by atoms with Crippen molar-refractivity contribution in [2.75, 3.05) is 13.2 Å². The van der Waals surface area contributed by atoms with Crippen LogP contribution in [-0.2, 0) is 0 Å². The zero-order valence-corrected chi connectivity index (χ0v) is 11.3. The van der Waals surface area contributed by atoms with Gasteiger partial charge in [-0.1, -0.05) is 18.5 Å². The summed E-state index contributed by atoms with van der Waals surface area (Å²) in [5.74, 6) is 2.01. The Morgan fingerprint density at radius 2 is 2.00 bits per heavy atom. The second-order valence-corrected chi connectivity index (χ2v) is 5.56. The summed E-state index contributed by atoms with van der Waals surface area (Å²) in [6.07, 6.45) is 2.95. The number of fused-ring (bicyclic) bond motifs is 3. The van der Waals surface area contributed by atoms with Gasteiger partial charge in [0.15, 0.2) is 11.5 Å². The summed E-state index contributed by atoms with van der Waals surface area (Å²) in [5, 5.41) is 0.761. The van der Waals surface area contributed by atoms with Gasteiger partial charge in [0.1, 0.15) is 0 Å². The van der Waals surface area contributed by atoms with E-state index in [1.807, 2.05) is 6.07 Å². The highest BCUT2D eigenvalue weighted by molar-refractivity contribution is 6.31. The largest absolute Gasteiger partial charge is 0.489 e. The zero-order valence-electron chi connectivity index (χ0n) is 10.5. The molecule has 0 spiro atoms. The number of hydrogen-bond donors (Lipinski definition) is 1. The van der Waals surface area contributed by atoms with Crippen LogP contribution in [0.4, 0.5) is 0 Å². The van der Waals surface area contributed by atoms with Crippen LogP contribution in [0.25, 0.3) is 0 Å². The van der Waals surface area contributed by atoms with Gasteiger partial charge in [0, 0.05) is 29.1 Å². The van der Waals surface area contributed by atoms with E-state index in [1.54, 1.807) is 0 Å². The van der Waals surface area contributed by atoms with Gasteiger partial charge in [-0.25, -0.2) is 0 Å². The average Bonchev–Trinajstić information content (AvgIpc) is 2.58. The van der Waals surface area contributed by atoms with Crippen molar-refractivity contribution in [1.29, 1.82) is 0 Å². The van der Waals surface area contributed by atoms with E-state index in [9.17, 15) is 0 Å². The second kappa shape index (κ2) is 4.63. The van der Waals surface area contributed by atoms with Crippen LogP contribution in [0.2, 0.25) is 5.02 Å². The molecule has 2 atom stereocenters. The Kier molecular flexibility index (Phi) is 3.12. The Morgan fingerprint density at radius 3 is 2.83 bits per heavy atom. The first kappa shape index (κ1) is 12.1. The molecule has 0 fully saturated rings. The van der Waals surface area contributed by atoms with Gasteiger partial charge in [-0.3, -0.25) is 0 Å². The minimum Gasteiger partial charge on any atom is -0.489 e. The molecule has 2 unspecified atom stereocenters. The van der Waals surface area contributed by atoms with E-state index in [-0.39, 0.29) is 6.04 Å². The van der Waals surface area contributed by atoms with Gasteiger partial charge in [-0.15, -0.1) is 0 Å². The third-order valence-corrected chi connectivity index (χ3v) is 4.15. The van der Waals surface area contributed by atoms with Crippen molar-refractivity contribution in [3.05, 3.63) is 22.2 Å². The highest BCUT2D eigenvalue weighted by atomic mass is 35.5. The van der Waals surface area contributed by atoms with Gasteiger partial charge >= 0.3 is 0 Å². The summed E-state index contributed by atoms with van der Waals surface area (Å²) in [7, 11) is 0. The summed E-state index contributed by atoms with van der Waals surface area (Å²) < 4.78 is 11.6. The topological polar surface area (TPSA) is 44.5 Å². The fourth-order valence-corrected chi connectivity index (χ4v) is 3.29. The minimum atomic E-state index is 0.00495. The molecular formula is C14H18ClNO2. The summed E-state index contributed by atoms with van der Waals surface area (Å²) in [5.41, 5.74) is 8.48. The molecule has 4 heteroatoms. The number of hydrogen-bond acceptors (Lipinski definition) is 3. The average molecular weight is 268 g/mol. The molecule has 2 N–H and O–H groups in total. The Bertz CT molecular complexity index is 475. The predicted molar refractivity (Wildman–Crippen MR) is 71.6 cm³/mol. The van der Waals surface area contributed by atoms with Crippen LogP contribution < -0.4 is 15.2 Å². The molecule has 0 amide bonds. The first-order valence-electron chi connectivity index (χ1n) is 6.56. The van der Waals surface area contributed by atoms with Crippen molar-refractivity contribution < 1.29 is 9.47 Å². The maximum absolute atomic E-state index is 6.40. The monoisotopic (exact) mass is 267 g/mol. The third kappa shape index (κ3) is 1.86. The first-order chi connectivity index (χ1) is 8.68. The molecule has 3 rings (SSSR count). The number of halogens is 1. The third-order valence-electron chi connectivity index (χ3n) is 3.84. The van der Waals surface area contributed by atoms with Crippen LogP contribution in [0.3, 0.4) is 0 Å². The SMILES string of the molecule is CC1CCC(N)c2c3c(cc(Cl)c21)OCCCO3. The molecule has 0 saturated heterocycles. The van der Waals surface area contributed by atoms with Crippen molar-refractivity contribution in [3.8, 4) is 11.5 Å². The lowest BCUT2D eigenvalue weighted by atomic mass is 9.80. The van der Waals surface area contributed by atoms with Gasteiger partial charge < -0.3 is 15.2 Å². The number of rotatable bonds is 0. The smallest absolute Gasteiger partial charge is 0.166 e. The zero-order chi connectivity index (χ0) is 12.7. The molecule has 0 bridgehead atoms. The van der Waals surface area contributed by atoms with Crippen LogP contribution in [0.1, 0.15) is 49.3 Å². The molecule has 2 aliphatic rings. The molecule has 1 heterocycles. The summed E-state index contributed by atoms with van der Waals surface area (Å²) in [6, 6.07) is 1.89. The molecular weight excluding hydrogens is 250 g/mol. The van der Waals surface area contributed by atoms with E-state index in [0.29, 0.717) is 19.1 Å². The maximum Gasteiger partial charge on any atom is 0.166 e. The molecule has 1 aromatic carbocycles. The Hall–Kier alpha value is -0.930. The molecule has 18 heavy (non-hydrogen) atoms. The van der Waals surface area contributed by atoms with E-state index < -0.39 is 0 Å². The Morgan fingerprint density at radius 1 is 1.22 bits per heavy atom. The highest BCUT2D eigenvalue weighted by Crippen LogP contribution is 2.49. The quantitative estimate of drug-likeness (QED) is 0.784. The van der Waals surface area contributed by atoms with Crippen LogP contribution >= 0.6 is 11.6 Å². The van der Waals surface area contributed by atoms with Crippen molar-refractivity contribution >= 4 is 11.6 Å². The van der Waals surface area contributed by atoms with Gasteiger partial charge in [-0.05, 0) is 24.3 Å². The van der Waals surface area contributed by atoms with Crippen molar-refractivity contribution in [3.63, 3.8) is 0 Å². The lowest BCUT2D eigenvalue weighted by Gasteiger charge is -2.30. The summed E-state index contributed by atoms with van der Waals surface area (Å²) >= 11 is 6.40. The number of benzene rings is 1. The van der Waals surface area contributed by atoms with Gasteiger partial charge in [0.05, 0.1) is 13.2 Å². The molecule has 0 saturated carbocycles. The molecule has 1 aliphatic carbocycles. The van der Waals surface area contributed by atoms with E-state index in [2.05, 4.69) is 6.92 Å². The Labute approximate surface area is 112 Å². The van der Waals surface area contributed by atoms with Crippen molar-refractivity contribution in [1.82, 2.24) is 0 Å². The Balaban J connectivity index is 2.21. The second-order valence-electron chi connectivity index (χ2n) is 5.15. The van der Waals surface area contributed by atoms with Crippen LogP contribution in [0.5, 0.6) is 11.5 Å². The predicted octanol–water partition coefficient (Wildman–Crippen LogP) is 3.40. The van der Waals surface area contributed by atoms with E-state index >= 15 is 0 Å². The lowest BCUT2D eigenvalue weighted by Crippen LogP contribution is -2.21. The summed E-state index contributed by atoms with van der Waals surface area (Å²) in [4.78, 5) is 0. The van der Waals surface area contributed by atoms with Gasteiger partial charge in [-0.2, -0.15) is 0 Å². The van der Waals surface area contributed by atoms with E-state index in [1.165, 1.54) is 0 Å². The summed E-state index contributed by atoms with van der Waals surface area (Å²) in [6.45, 7) is 3.55. The minimum absolute atomic E-state index is 0.00495. The number of ether oxygens (including phenoxy) is 2. The van der Waals surface area contributed by atoms with Crippen LogP contribution in [0, 0.1) is 0 Å². The highest BCUT2D eigenvalue weighted by Gasteiger charge is 2.31. The fourth-order valence-electron chi connectivity index (χ4n) is 2.90. The molecule has 1 aliphatic heterocycles. The van der Waals surface area contributed by atoms with E-state index in [4.69, 9.17) is 26.8 Å². The fraction of sp³-hybridized carbons (Fsp3) is 0.571. The van der Waals surface area contributed by atoms with Gasteiger partial charge in [0.25, 0.3) is 0 Å². The molecule has 1 aromatic rings.